The molecule has 1 aromatic carbocycles. The van der Waals surface area contributed by atoms with Crippen LogP contribution in [0.4, 0.5) is 0 Å². The SMILES string of the molecule is CN(C)S(=O)(=O)c1cccc(C(=O)N2CCC(C(N)=O)CC2)c1. The molecule has 1 fully saturated rings. The lowest BCUT2D eigenvalue weighted by Gasteiger charge is -2.30. The molecule has 1 aromatic rings. The van der Waals surface area contributed by atoms with E-state index in [4.69, 9.17) is 5.73 Å². The second kappa shape index (κ2) is 6.67. The van der Waals surface area contributed by atoms with E-state index in [9.17, 15) is 18.0 Å². The molecule has 0 spiro atoms. The zero-order valence-electron chi connectivity index (χ0n) is 13.2. The van der Waals surface area contributed by atoms with Gasteiger partial charge in [0.15, 0.2) is 0 Å². The number of piperidine rings is 1. The van der Waals surface area contributed by atoms with Gasteiger partial charge in [-0.05, 0) is 31.0 Å². The van der Waals surface area contributed by atoms with E-state index >= 15 is 0 Å². The van der Waals surface area contributed by atoms with E-state index in [-0.39, 0.29) is 22.6 Å². The van der Waals surface area contributed by atoms with Crippen LogP contribution in [-0.2, 0) is 14.8 Å². The standard InChI is InChI=1S/C15H21N3O4S/c1-17(2)23(21,22)13-5-3-4-12(10-13)15(20)18-8-6-11(7-9-18)14(16)19/h3-5,10-11H,6-9H2,1-2H3,(H2,16,19). The fraction of sp³-hybridized carbons (Fsp3) is 0.467. The van der Waals surface area contributed by atoms with Gasteiger partial charge in [0.2, 0.25) is 15.9 Å². The Bertz CT molecular complexity index is 707. The van der Waals surface area contributed by atoms with E-state index in [0.717, 1.165) is 4.31 Å². The van der Waals surface area contributed by atoms with Crippen molar-refractivity contribution in [3.05, 3.63) is 29.8 Å². The maximum absolute atomic E-state index is 12.5. The predicted octanol–water partition coefficient (Wildman–Crippen LogP) is 0.274. The molecule has 0 bridgehead atoms. The van der Waals surface area contributed by atoms with Crippen molar-refractivity contribution in [2.75, 3.05) is 27.2 Å². The van der Waals surface area contributed by atoms with Crippen molar-refractivity contribution in [1.82, 2.24) is 9.21 Å². The number of carbonyl (C=O) groups is 2. The Morgan fingerprint density at radius 1 is 1.22 bits per heavy atom. The normalized spacial score (nSPS) is 16.6. The van der Waals surface area contributed by atoms with Gasteiger partial charge in [0.1, 0.15) is 0 Å². The van der Waals surface area contributed by atoms with Gasteiger partial charge in [-0.2, -0.15) is 0 Å². The topological polar surface area (TPSA) is 101 Å². The molecule has 7 nitrogen and oxygen atoms in total. The molecule has 0 unspecified atom stereocenters. The Kier molecular flexibility index (Phi) is 5.06. The third-order valence-electron chi connectivity index (χ3n) is 4.04. The van der Waals surface area contributed by atoms with Crippen LogP contribution in [0.1, 0.15) is 23.2 Å². The van der Waals surface area contributed by atoms with Crippen LogP contribution in [0.15, 0.2) is 29.2 Å². The second-order valence-electron chi connectivity index (χ2n) is 5.78. The molecule has 2 N–H and O–H groups in total. The molecule has 1 heterocycles. The second-order valence-corrected chi connectivity index (χ2v) is 7.94. The van der Waals surface area contributed by atoms with Crippen molar-refractivity contribution in [3.8, 4) is 0 Å². The maximum atomic E-state index is 12.5. The fourth-order valence-electron chi connectivity index (χ4n) is 2.55. The van der Waals surface area contributed by atoms with Crippen LogP contribution < -0.4 is 5.73 Å². The summed E-state index contributed by atoms with van der Waals surface area (Å²) in [6, 6.07) is 6.00. The number of likely N-dealkylation sites (tertiary alicyclic amines) is 1. The number of nitrogens with two attached hydrogens (primary N) is 1. The van der Waals surface area contributed by atoms with Crippen LogP contribution in [0.5, 0.6) is 0 Å². The van der Waals surface area contributed by atoms with Crippen LogP contribution in [0.2, 0.25) is 0 Å². The van der Waals surface area contributed by atoms with Gasteiger partial charge >= 0.3 is 0 Å². The summed E-state index contributed by atoms with van der Waals surface area (Å²) in [6.45, 7) is 0.883. The first-order chi connectivity index (χ1) is 10.7. The minimum Gasteiger partial charge on any atom is -0.369 e. The lowest BCUT2D eigenvalue weighted by Crippen LogP contribution is -2.41. The van der Waals surface area contributed by atoms with E-state index in [2.05, 4.69) is 0 Å². The third-order valence-corrected chi connectivity index (χ3v) is 5.86. The molecule has 2 rings (SSSR count). The molecule has 1 aliphatic rings. The smallest absolute Gasteiger partial charge is 0.253 e. The number of hydrogen-bond donors (Lipinski definition) is 1. The van der Waals surface area contributed by atoms with Gasteiger partial charge in [0, 0.05) is 38.7 Å². The summed E-state index contributed by atoms with van der Waals surface area (Å²) in [5.74, 6) is -0.764. The van der Waals surface area contributed by atoms with Crippen molar-refractivity contribution in [3.63, 3.8) is 0 Å². The Hall–Kier alpha value is -1.93. The number of rotatable bonds is 4. The maximum Gasteiger partial charge on any atom is 0.253 e. The lowest BCUT2D eigenvalue weighted by molar-refractivity contribution is -0.123. The number of carbonyl (C=O) groups excluding carboxylic acids is 2. The van der Waals surface area contributed by atoms with Crippen molar-refractivity contribution >= 4 is 21.8 Å². The van der Waals surface area contributed by atoms with Crippen molar-refractivity contribution in [2.24, 2.45) is 11.7 Å². The van der Waals surface area contributed by atoms with Gasteiger partial charge in [0.25, 0.3) is 5.91 Å². The molecular weight excluding hydrogens is 318 g/mol. The first-order valence-corrected chi connectivity index (χ1v) is 8.78. The summed E-state index contributed by atoms with van der Waals surface area (Å²) in [4.78, 5) is 25.4. The Labute approximate surface area is 136 Å². The predicted molar refractivity (Wildman–Crippen MR) is 85.1 cm³/mol. The van der Waals surface area contributed by atoms with E-state index < -0.39 is 10.0 Å². The molecular formula is C15H21N3O4S. The van der Waals surface area contributed by atoms with E-state index in [0.29, 0.717) is 31.5 Å². The van der Waals surface area contributed by atoms with Gasteiger partial charge in [-0.1, -0.05) is 6.07 Å². The average molecular weight is 339 g/mol. The fourth-order valence-corrected chi connectivity index (χ4v) is 3.50. The number of nitrogens with zero attached hydrogens (tertiary/aromatic N) is 2. The highest BCUT2D eigenvalue weighted by atomic mass is 32.2. The Morgan fingerprint density at radius 3 is 2.35 bits per heavy atom. The summed E-state index contributed by atoms with van der Waals surface area (Å²) >= 11 is 0. The van der Waals surface area contributed by atoms with Crippen LogP contribution in [0, 0.1) is 5.92 Å². The molecule has 2 amide bonds. The molecule has 1 saturated heterocycles. The van der Waals surface area contributed by atoms with E-state index in [1.165, 1.54) is 26.2 Å². The van der Waals surface area contributed by atoms with Gasteiger partial charge in [-0.3, -0.25) is 9.59 Å². The number of hydrogen-bond acceptors (Lipinski definition) is 4. The zero-order chi connectivity index (χ0) is 17.2. The van der Waals surface area contributed by atoms with Crippen LogP contribution in [0.3, 0.4) is 0 Å². The van der Waals surface area contributed by atoms with Crippen molar-refractivity contribution < 1.29 is 18.0 Å². The molecule has 0 saturated carbocycles. The lowest BCUT2D eigenvalue weighted by atomic mass is 9.96. The molecule has 126 valence electrons. The third kappa shape index (κ3) is 3.70. The van der Waals surface area contributed by atoms with Crippen LogP contribution in [-0.4, -0.2) is 56.6 Å². The summed E-state index contributed by atoms with van der Waals surface area (Å²) in [6.07, 6.45) is 1.08. The Morgan fingerprint density at radius 2 is 1.83 bits per heavy atom. The number of sulfonamides is 1. The van der Waals surface area contributed by atoms with E-state index in [1.54, 1.807) is 17.0 Å². The minimum absolute atomic E-state index is 0.0837. The van der Waals surface area contributed by atoms with Gasteiger partial charge in [-0.15, -0.1) is 0 Å². The van der Waals surface area contributed by atoms with Crippen LogP contribution in [0.25, 0.3) is 0 Å². The molecule has 0 aliphatic carbocycles. The quantitative estimate of drug-likeness (QED) is 0.851. The first-order valence-electron chi connectivity index (χ1n) is 7.34. The highest BCUT2D eigenvalue weighted by Crippen LogP contribution is 2.20. The van der Waals surface area contributed by atoms with Crippen molar-refractivity contribution in [1.29, 1.82) is 0 Å². The van der Waals surface area contributed by atoms with Gasteiger partial charge < -0.3 is 10.6 Å². The molecule has 8 heteroatoms. The highest BCUT2D eigenvalue weighted by molar-refractivity contribution is 7.89. The summed E-state index contributed by atoms with van der Waals surface area (Å²) in [5.41, 5.74) is 5.61. The zero-order valence-corrected chi connectivity index (χ0v) is 14.0. The molecule has 0 atom stereocenters. The largest absolute Gasteiger partial charge is 0.369 e. The summed E-state index contributed by atoms with van der Waals surface area (Å²) < 4.78 is 25.4. The first kappa shape index (κ1) is 17.4. The summed E-state index contributed by atoms with van der Waals surface area (Å²) in [5, 5.41) is 0. The molecule has 1 aliphatic heterocycles. The molecule has 0 radical (unpaired) electrons. The van der Waals surface area contributed by atoms with Crippen LogP contribution >= 0.6 is 0 Å². The molecule has 0 aromatic heterocycles. The number of benzene rings is 1. The van der Waals surface area contributed by atoms with Crippen molar-refractivity contribution in [2.45, 2.75) is 17.7 Å². The van der Waals surface area contributed by atoms with Gasteiger partial charge in [-0.25, -0.2) is 12.7 Å². The molecule has 23 heavy (non-hydrogen) atoms. The Balaban J connectivity index is 2.17. The van der Waals surface area contributed by atoms with Gasteiger partial charge in [0.05, 0.1) is 4.90 Å². The van der Waals surface area contributed by atoms with E-state index in [1.807, 2.05) is 0 Å². The number of amides is 2. The number of primary amides is 1. The highest BCUT2D eigenvalue weighted by Gasteiger charge is 2.27. The minimum atomic E-state index is -3.58. The monoisotopic (exact) mass is 339 g/mol. The average Bonchev–Trinajstić information content (AvgIpc) is 2.54. The summed E-state index contributed by atoms with van der Waals surface area (Å²) in [7, 11) is -0.696.